The molecule has 98 valence electrons. The fourth-order valence-electron chi connectivity index (χ4n) is 1.50. The summed E-state index contributed by atoms with van der Waals surface area (Å²) in [5, 5.41) is 21.8. The van der Waals surface area contributed by atoms with Crippen molar-refractivity contribution >= 4 is 12.4 Å². The number of nitrogens with one attached hydrogen (secondary N) is 1. The van der Waals surface area contributed by atoms with Crippen molar-refractivity contribution in [1.82, 2.24) is 5.32 Å². The highest BCUT2D eigenvalue weighted by Crippen LogP contribution is 2.18. The van der Waals surface area contributed by atoms with Crippen molar-refractivity contribution in [2.24, 2.45) is 0 Å². The van der Waals surface area contributed by atoms with Crippen molar-refractivity contribution in [1.29, 1.82) is 0 Å². The number of phenols is 1. The van der Waals surface area contributed by atoms with Gasteiger partial charge >= 0.3 is 0 Å². The lowest BCUT2D eigenvalue weighted by Crippen LogP contribution is -2.37. The summed E-state index contributed by atoms with van der Waals surface area (Å²) in [5.74, 6) is 0.162. The number of hydrogen-bond donors (Lipinski definition) is 3. The SMILES string of the molecule is CC(C)(C)NCCc1ccc(O)c(CO)c1.Cl. The lowest BCUT2D eigenvalue weighted by Gasteiger charge is -2.20. The minimum absolute atomic E-state index is 0. The van der Waals surface area contributed by atoms with Gasteiger partial charge in [0.05, 0.1) is 6.61 Å². The Bertz CT molecular complexity index is 348. The van der Waals surface area contributed by atoms with Gasteiger partial charge in [-0.2, -0.15) is 0 Å². The van der Waals surface area contributed by atoms with Gasteiger partial charge in [-0.1, -0.05) is 6.07 Å². The average Bonchev–Trinajstić information content (AvgIpc) is 2.18. The molecule has 0 aromatic heterocycles. The molecule has 0 heterocycles. The Morgan fingerprint density at radius 3 is 2.41 bits per heavy atom. The average molecular weight is 260 g/mol. The first-order valence-electron chi connectivity index (χ1n) is 5.59. The van der Waals surface area contributed by atoms with E-state index in [1.807, 2.05) is 12.1 Å². The highest BCUT2D eigenvalue weighted by atomic mass is 35.5. The van der Waals surface area contributed by atoms with Crippen LogP contribution in [0.15, 0.2) is 18.2 Å². The van der Waals surface area contributed by atoms with Crippen molar-refractivity contribution in [3.63, 3.8) is 0 Å². The van der Waals surface area contributed by atoms with Crippen molar-refractivity contribution in [2.75, 3.05) is 6.54 Å². The van der Waals surface area contributed by atoms with E-state index in [0.717, 1.165) is 18.5 Å². The van der Waals surface area contributed by atoms with Gasteiger partial charge in [0, 0.05) is 11.1 Å². The number of halogens is 1. The van der Waals surface area contributed by atoms with Gasteiger partial charge in [-0.05, 0) is 51.4 Å². The number of aromatic hydroxyl groups is 1. The molecule has 3 nitrogen and oxygen atoms in total. The topological polar surface area (TPSA) is 52.5 Å². The number of aliphatic hydroxyl groups excluding tert-OH is 1. The molecule has 0 aliphatic heterocycles. The van der Waals surface area contributed by atoms with Crippen LogP contribution in [0, 0.1) is 0 Å². The Kier molecular flexibility index (Phi) is 6.53. The van der Waals surface area contributed by atoms with E-state index in [9.17, 15) is 5.11 Å². The maximum Gasteiger partial charge on any atom is 0.121 e. The molecule has 0 saturated heterocycles. The van der Waals surface area contributed by atoms with E-state index < -0.39 is 0 Å². The van der Waals surface area contributed by atoms with Crippen LogP contribution in [0.25, 0.3) is 0 Å². The summed E-state index contributed by atoms with van der Waals surface area (Å²) in [4.78, 5) is 0. The first kappa shape index (κ1) is 16.2. The van der Waals surface area contributed by atoms with Crippen molar-refractivity contribution in [3.05, 3.63) is 29.3 Å². The molecule has 17 heavy (non-hydrogen) atoms. The molecule has 0 atom stereocenters. The molecule has 3 N–H and O–H groups in total. The van der Waals surface area contributed by atoms with E-state index in [4.69, 9.17) is 5.11 Å². The standard InChI is InChI=1S/C13H21NO2.ClH/c1-13(2,3)14-7-6-10-4-5-12(16)11(8-10)9-15;/h4-5,8,14-16H,6-7,9H2,1-3H3;1H. The number of rotatable bonds is 4. The van der Waals surface area contributed by atoms with Gasteiger partial charge < -0.3 is 15.5 Å². The Labute approximate surface area is 109 Å². The molecule has 0 aliphatic carbocycles. The maximum absolute atomic E-state index is 9.41. The minimum atomic E-state index is -0.119. The summed E-state index contributed by atoms with van der Waals surface area (Å²) in [6.07, 6.45) is 0.893. The summed E-state index contributed by atoms with van der Waals surface area (Å²) in [7, 11) is 0. The van der Waals surface area contributed by atoms with E-state index in [1.165, 1.54) is 0 Å². The summed E-state index contributed by atoms with van der Waals surface area (Å²) >= 11 is 0. The summed E-state index contributed by atoms with van der Waals surface area (Å²) in [6.45, 7) is 7.15. The third-order valence-corrected chi connectivity index (χ3v) is 2.38. The lowest BCUT2D eigenvalue weighted by molar-refractivity contribution is 0.275. The molecule has 0 bridgehead atoms. The molecule has 0 spiro atoms. The zero-order valence-corrected chi connectivity index (χ0v) is 11.5. The predicted molar refractivity (Wildman–Crippen MR) is 72.7 cm³/mol. The zero-order chi connectivity index (χ0) is 12.2. The monoisotopic (exact) mass is 259 g/mol. The van der Waals surface area contributed by atoms with Gasteiger partial charge in [0.25, 0.3) is 0 Å². The Hall–Kier alpha value is -0.770. The van der Waals surface area contributed by atoms with Crippen LogP contribution in [-0.4, -0.2) is 22.3 Å². The zero-order valence-electron chi connectivity index (χ0n) is 10.7. The third kappa shape index (κ3) is 5.91. The second-order valence-corrected chi connectivity index (χ2v) is 5.05. The van der Waals surface area contributed by atoms with E-state index in [2.05, 4.69) is 26.1 Å². The number of benzene rings is 1. The van der Waals surface area contributed by atoms with Crippen LogP contribution in [0.1, 0.15) is 31.9 Å². The molecule has 1 aromatic carbocycles. The largest absolute Gasteiger partial charge is 0.508 e. The smallest absolute Gasteiger partial charge is 0.121 e. The second-order valence-electron chi connectivity index (χ2n) is 5.05. The lowest BCUT2D eigenvalue weighted by atomic mass is 10.1. The van der Waals surface area contributed by atoms with E-state index >= 15 is 0 Å². The third-order valence-electron chi connectivity index (χ3n) is 2.38. The molecule has 0 unspecified atom stereocenters. The van der Waals surface area contributed by atoms with Gasteiger partial charge in [-0.25, -0.2) is 0 Å². The quantitative estimate of drug-likeness (QED) is 0.777. The van der Waals surface area contributed by atoms with Crippen molar-refractivity contribution in [3.8, 4) is 5.75 Å². The van der Waals surface area contributed by atoms with Crippen molar-refractivity contribution < 1.29 is 10.2 Å². The Balaban J connectivity index is 0.00000256. The molecule has 0 amide bonds. The molecule has 1 rings (SSSR count). The fourth-order valence-corrected chi connectivity index (χ4v) is 1.50. The number of aliphatic hydroxyl groups is 1. The molecule has 1 aromatic rings. The van der Waals surface area contributed by atoms with Gasteiger partial charge in [0.15, 0.2) is 0 Å². The molecule has 0 aliphatic rings. The van der Waals surface area contributed by atoms with Crippen LogP contribution in [-0.2, 0) is 13.0 Å². The fraction of sp³-hybridized carbons (Fsp3) is 0.538. The van der Waals surface area contributed by atoms with Crippen LogP contribution in [0.5, 0.6) is 5.75 Å². The minimum Gasteiger partial charge on any atom is -0.508 e. The van der Waals surface area contributed by atoms with Gasteiger partial charge in [0.2, 0.25) is 0 Å². The second kappa shape index (κ2) is 6.84. The molecule has 0 fully saturated rings. The van der Waals surface area contributed by atoms with Crippen LogP contribution in [0.4, 0.5) is 0 Å². The molecular formula is C13H22ClNO2. The van der Waals surface area contributed by atoms with Crippen LogP contribution < -0.4 is 5.32 Å². The number of hydrogen-bond acceptors (Lipinski definition) is 3. The molecule has 0 saturated carbocycles. The normalized spacial score (nSPS) is 11.1. The van der Waals surface area contributed by atoms with Crippen LogP contribution >= 0.6 is 12.4 Å². The van der Waals surface area contributed by atoms with E-state index in [0.29, 0.717) is 5.56 Å². The summed E-state index contributed by atoms with van der Waals surface area (Å²) in [5.41, 5.74) is 1.84. The summed E-state index contributed by atoms with van der Waals surface area (Å²) in [6, 6.07) is 5.37. The van der Waals surface area contributed by atoms with Crippen LogP contribution in [0.3, 0.4) is 0 Å². The van der Waals surface area contributed by atoms with Gasteiger partial charge in [0.1, 0.15) is 5.75 Å². The highest BCUT2D eigenvalue weighted by Gasteiger charge is 2.08. The van der Waals surface area contributed by atoms with Gasteiger partial charge in [-0.3, -0.25) is 0 Å². The Morgan fingerprint density at radius 2 is 1.88 bits per heavy atom. The first-order chi connectivity index (χ1) is 7.42. The van der Waals surface area contributed by atoms with Gasteiger partial charge in [-0.15, -0.1) is 12.4 Å². The highest BCUT2D eigenvalue weighted by molar-refractivity contribution is 5.85. The maximum atomic E-state index is 9.41. The summed E-state index contributed by atoms with van der Waals surface area (Å²) < 4.78 is 0. The Morgan fingerprint density at radius 1 is 1.24 bits per heavy atom. The first-order valence-corrected chi connectivity index (χ1v) is 5.59. The molecular weight excluding hydrogens is 238 g/mol. The van der Waals surface area contributed by atoms with Crippen LogP contribution in [0.2, 0.25) is 0 Å². The predicted octanol–water partition coefficient (Wildman–Crippen LogP) is 2.24. The molecule has 4 heteroatoms. The van der Waals surface area contributed by atoms with Crippen molar-refractivity contribution in [2.45, 2.75) is 39.3 Å². The molecule has 0 radical (unpaired) electrons. The van der Waals surface area contributed by atoms with E-state index in [-0.39, 0.29) is 30.3 Å². The van der Waals surface area contributed by atoms with E-state index in [1.54, 1.807) is 6.07 Å².